The summed E-state index contributed by atoms with van der Waals surface area (Å²) >= 11 is 0. The van der Waals surface area contributed by atoms with Crippen LogP contribution in [0.2, 0.25) is 0 Å². The number of likely N-dealkylation sites (tertiary alicyclic amines) is 1. The maximum Gasteiger partial charge on any atom is 0.150 e. The molecule has 0 aliphatic carbocycles. The number of hydrogen-bond donors (Lipinski definition) is 1. The summed E-state index contributed by atoms with van der Waals surface area (Å²) in [5, 5.41) is 3.52. The van der Waals surface area contributed by atoms with Crippen molar-refractivity contribution >= 4 is 9.84 Å². The van der Waals surface area contributed by atoms with Gasteiger partial charge in [0.25, 0.3) is 0 Å². The summed E-state index contributed by atoms with van der Waals surface area (Å²) < 4.78 is 22.6. The first-order valence-corrected chi connectivity index (χ1v) is 9.14. The zero-order valence-corrected chi connectivity index (χ0v) is 12.1. The van der Waals surface area contributed by atoms with E-state index in [2.05, 4.69) is 10.2 Å². The Morgan fingerprint density at radius 2 is 1.61 bits per heavy atom. The molecule has 2 aliphatic heterocycles. The number of nitrogens with one attached hydrogen (secondary N) is 1. The molecule has 2 fully saturated rings. The van der Waals surface area contributed by atoms with E-state index in [9.17, 15) is 8.42 Å². The zero-order valence-electron chi connectivity index (χ0n) is 11.2. The van der Waals surface area contributed by atoms with Gasteiger partial charge in [0.15, 0.2) is 0 Å². The van der Waals surface area contributed by atoms with Crippen LogP contribution in [0.5, 0.6) is 0 Å². The molecule has 2 saturated heterocycles. The van der Waals surface area contributed by atoms with Crippen LogP contribution in [0.1, 0.15) is 38.5 Å². The molecule has 2 heterocycles. The second-order valence-electron chi connectivity index (χ2n) is 5.64. The van der Waals surface area contributed by atoms with Crippen molar-refractivity contribution < 1.29 is 8.42 Å². The van der Waals surface area contributed by atoms with Crippen LogP contribution in [0.3, 0.4) is 0 Å². The van der Waals surface area contributed by atoms with E-state index in [0.29, 0.717) is 17.5 Å². The van der Waals surface area contributed by atoms with E-state index in [4.69, 9.17) is 0 Å². The number of nitrogens with zero attached hydrogens (tertiary/aromatic N) is 1. The molecule has 0 bridgehead atoms. The van der Waals surface area contributed by atoms with Gasteiger partial charge >= 0.3 is 0 Å². The minimum absolute atomic E-state index is 0.369. The van der Waals surface area contributed by atoms with Gasteiger partial charge in [-0.1, -0.05) is 12.8 Å². The van der Waals surface area contributed by atoms with Gasteiger partial charge in [0, 0.05) is 19.1 Å². The lowest BCUT2D eigenvalue weighted by molar-refractivity contribution is 0.277. The van der Waals surface area contributed by atoms with Crippen LogP contribution in [0, 0.1) is 0 Å². The Balaban J connectivity index is 1.60. The van der Waals surface area contributed by atoms with Crippen LogP contribution in [0.4, 0.5) is 0 Å². The van der Waals surface area contributed by atoms with Crippen LogP contribution < -0.4 is 5.32 Å². The zero-order chi connectivity index (χ0) is 12.8. The number of sulfone groups is 1. The van der Waals surface area contributed by atoms with Crippen molar-refractivity contribution in [1.82, 2.24) is 10.2 Å². The summed E-state index contributed by atoms with van der Waals surface area (Å²) in [6, 6.07) is 0.417. The topological polar surface area (TPSA) is 49.4 Å². The van der Waals surface area contributed by atoms with Gasteiger partial charge in [-0.25, -0.2) is 8.42 Å². The van der Waals surface area contributed by atoms with Gasteiger partial charge in [-0.05, 0) is 38.8 Å². The van der Waals surface area contributed by atoms with E-state index >= 15 is 0 Å². The summed E-state index contributed by atoms with van der Waals surface area (Å²) in [6.45, 7) is 4.59. The molecule has 0 spiro atoms. The molecule has 0 aromatic rings. The van der Waals surface area contributed by atoms with Gasteiger partial charge in [0.1, 0.15) is 9.84 Å². The summed E-state index contributed by atoms with van der Waals surface area (Å²) in [5.41, 5.74) is 0. The molecule has 1 N–H and O–H groups in total. The fourth-order valence-corrected chi connectivity index (χ4v) is 4.37. The molecule has 18 heavy (non-hydrogen) atoms. The third kappa shape index (κ3) is 4.86. The first-order chi connectivity index (χ1) is 8.66. The fourth-order valence-electron chi connectivity index (χ4n) is 2.88. The predicted octanol–water partition coefficient (Wildman–Crippen LogP) is 1.03. The Bertz CT molecular complexity index is 321. The molecular weight excluding hydrogens is 248 g/mol. The molecule has 0 atom stereocenters. The fraction of sp³-hybridized carbons (Fsp3) is 1.00. The monoisotopic (exact) mass is 274 g/mol. The highest BCUT2D eigenvalue weighted by molar-refractivity contribution is 7.91. The lowest BCUT2D eigenvalue weighted by Gasteiger charge is -2.25. The molecule has 2 rings (SSSR count). The molecule has 0 radical (unpaired) electrons. The largest absolute Gasteiger partial charge is 0.313 e. The van der Waals surface area contributed by atoms with Crippen LogP contribution in [-0.2, 0) is 9.84 Å². The van der Waals surface area contributed by atoms with Gasteiger partial charge in [0.05, 0.1) is 11.5 Å². The SMILES string of the molecule is O=S1(=O)CCC(NCCN2CCCCCC2)CC1. The minimum atomic E-state index is -2.72. The highest BCUT2D eigenvalue weighted by Gasteiger charge is 2.23. The molecule has 0 amide bonds. The van der Waals surface area contributed by atoms with Gasteiger partial charge in [0.2, 0.25) is 0 Å². The Labute approximate surface area is 111 Å². The third-order valence-electron chi connectivity index (χ3n) is 4.11. The van der Waals surface area contributed by atoms with Crippen molar-refractivity contribution in [1.29, 1.82) is 0 Å². The second-order valence-corrected chi connectivity index (χ2v) is 7.94. The lowest BCUT2D eigenvalue weighted by atomic mass is 10.1. The van der Waals surface area contributed by atoms with Crippen molar-refractivity contribution in [3.63, 3.8) is 0 Å². The Hall–Kier alpha value is -0.130. The first-order valence-electron chi connectivity index (χ1n) is 7.32. The molecule has 0 saturated carbocycles. The summed E-state index contributed by atoms with van der Waals surface area (Å²) in [6.07, 6.45) is 7.02. The molecule has 0 aromatic carbocycles. The third-order valence-corrected chi connectivity index (χ3v) is 5.83. The molecule has 4 nitrogen and oxygen atoms in total. The maximum absolute atomic E-state index is 11.3. The molecule has 0 aromatic heterocycles. The Morgan fingerprint density at radius 3 is 2.22 bits per heavy atom. The summed E-state index contributed by atoms with van der Waals surface area (Å²) in [4.78, 5) is 2.54. The predicted molar refractivity (Wildman–Crippen MR) is 74.6 cm³/mol. The lowest BCUT2D eigenvalue weighted by Crippen LogP contribution is -2.41. The van der Waals surface area contributed by atoms with E-state index < -0.39 is 9.84 Å². The molecule has 106 valence electrons. The van der Waals surface area contributed by atoms with Gasteiger partial charge in [-0.15, -0.1) is 0 Å². The average Bonchev–Trinajstić information content (AvgIpc) is 2.60. The van der Waals surface area contributed by atoms with Gasteiger partial charge in [-0.2, -0.15) is 0 Å². The average molecular weight is 274 g/mol. The van der Waals surface area contributed by atoms with E-state index in [1.165, 1.54) is 38.8 Å². The van der Waals surface area contributed by atoms with E-state index in [0.717, 1.165) is 25.9 Å². The summed E-state index contributed by atoms with van der Waals surface area (Å²) in [7, 11) is -2.72. The number of rotatable bonds is 4. The Kier molecular flexibility index (Phi) is 5.45. The number of hydrogen-bond acceptors (Lipinski definition) is 4. The molecule has 2 aliphatic rings. The first kappa shape index (κ1) is 14.3. The summed E-state index contributed by atoms with van der Waals surface area (Å²) in [5.74, 6) is 0.739. The standard InChI is InChI=1S/C13H26N2O2S/c16-18(17)11-5-13(6-12-18)14-7-10-15-8-3-1-2-4-9-15/h13-14H,1-12H2. The van der Waals surface area contributed by atoms with Crippen molar-refractivity contribution in [3.8, 4) is 0 Å². The van der Waals surface area contributed by atoms with Crippen LogP contribution >= 0.6 is 0 Å². The molecule has 5 heteroatoms. The highest BCUT2D eigenvalue weighted by Crippen LogP contribution is 2.12. The van der Waals surface area contributed by atoms with Crippen LogP contribution in [0.25, 0.3) is 0 Å². The van der Waals surface area contributed by atoms with Gasteiger partial charge in [-0.3, -0.25) is 0 Å². The van der Waals surface area contributed by atoms with E-state index in [-0.39, 0.29) is 0 Å². The minimum Gasteiger partial charge on any atom is -0.313 e. The maximum atomic E-state index is 11.3. The Morgan fingerprint density at radius 1 is 1.00 bits per heavy atom. The van der Waals surface area contributed by atoms with Crippen molar-refractivity contribution in [2.45, 2.75) is 44.6 Å². The second kappa shape index (κ2) is 6.87. The van der Waals surface area contributed by atoms with Crippen LogP contribution in [0.15, 0.2) is 0 Å². The van der Waals surface area contributed by atoms with Crippen molar-refractivity contribution in [3.05, 3.63) is 0 Å². The normalized spacial score (nSPS) is 26.9. The van der Waals surface area contributed by atoms with Crippen LogP contribution in [-0.4, -0.2) is 57.0 Å². The van der Waals surface area contributed by atoms with Gasteiger partial charge < -0.3 is 10.2 Å². The quantitative estimate of drug-likeness (QED) is 0.832. The van der Waals surface area contributed by atoms with E-state index in [1.54, 1.807) is 0 Å². The molecular formula is C13H26N2O2S. The highest BCUT2D eigenvalue weighted by atomic mass is 32.2. The van der Waals surface area contributed by atoms with Crippen molar-refractivity contribution in [2.24, 2.45) is 0 Å². The van der Waals surface area contributed by atoms with E-state index in [1.807, 2.05) is 0 Å². The van der Waals surface area contributed by atoms with Crippen molar-refractivity contribution in [2.75, 3.05) is 37.7 Å². The molecule has 0 unspecified atom stereocenters. The smallest absolute Gasteiger partial charge is 0.150 e.